The van der Waals surface area contributed by atoms with Gasteiger partial charge in [0.25, 0.3) is 5.91 Å². The van der Waals surface area contributed by atoms with Crippen molar-refractivity contribution in [1.82, 2.24) is 15.3 Å². The molecule has 10 nitrogen and oxygen atoms in total. The zero-order chi connectivity index (χ0) is 33.0. The molecule has 0 saturated carbocycles. The van der Waals surface area contributed by atoms with Crippen LogP contribution in [0.5, 0.6) is 0 Å². The minimum Gasteiger partial charge on any atom is -0.469 e. The number of carbonyl (C=O) groups is 4. The molecule has 2 aromatic heterocycles. The van der Waals surface area contributed by atoms with Gasteiger partial charge in [-0.15, -0.1) is 0 Å². The first-order chi connectivity index (χ1) is 21.4. The Hall–Kier alpha value is -4.47. The molecular weight excluding hydrogens is 572 g/mol. The van der Waals surface area contributed by atoms with Crippen molar-refractivity contribution in [2.75, 3.05) is 14.2 Å². The van der Waals surface area contributed by atoms with Gasteiger partial charge in [0.2, 0.25) is 5.91 Å². The summed E-state index contributed by atoms with van der Waals surface area (Å²) in [5.74, 6) is -0.854. The molecule has 1 atom stereocenters. The maximum absolute atomic E-state index is 12.5. The molecule has 2 amide bonds. The second-order valence-electron chi connectivity index (χ2n) is 11.6. The number of hydrogen-bond acceptors (Lipinski definition) is 6. The van der Waals surface area contributed by atoms with Crippen molar-refractivity contribution in [3.63, 3.8) is 0 Å². The van der Waals surface area contributed by atoms with Crippen LogP contribution in [0.15, 0.2) is 27.3 Å². The maximum atomic E-state index is 12.5. The predicted octanol–water partition coefficient (Wildman–Crippen LogP) is 3.26. The van der Waals surface area contributed by atoms with Crippen LogP contribution in [0.2, 0.25) is 0 Å². The zero-order valence-electron chi connectivity index (χ0n) is 27.6. The number of nitrogens with zero attached hydrogens (tertiary/aromatic N) is 1. The van der Waals surface area contributed by atoms with Crippen molar-refractivity contribution in [3.8, 4) is 0 Å². The highest BCUT2D eigenvalue weighted by molar-refractivity contribution is 6.30. The Morgan fingerprint density at radius 2 is 1.44 bits per heavy atom. The van der Waals surface area contributed by atoms with Gasteiger partial charge in [-0.1, -0.05) is 13.8 Å². The molecule has 240 valence electrons. The van der Waals surface area contributed by atoms with E-state index in [1.165, 1.54) is 14.2 Å². The van der Waals surface area contributed by atoms with Crippen molar-refractivity contribution < 1.29 is 28.7 Å². The van der Waals surface area contributed by atoms with Crippen LogP contribution in [-0.2, 0) is 47.9 Å². The first-order valence-electron chi connectivity index (χ1n) is 15.5. The fourth-order valence-electron chi connectivity index (χ4n) is 6.31. The van der Waals surface area contributed by atoms with E-state index in [-0.39, 0.29) is 42.6 Å². The average Bonchev–Trinajstić information content (AvgIpc) is 3.66. The minimum absolute atomic E-state index is 0.0207. The molecule has 0 bridgehead atoms. The van der Waals surface area contributed by atoms with Crippen molar-refractivity contribution in [2.24, 2.45) is 4.99 Å². The first-order valence-corrected chi connectivity index (χ1v) is 15.5. The van der Waals surface area contributed by atoms with Crippen molar-refractivity contribution in [3.05, 3.63) is 66.6 Å². The molecule has 2 aliphatic rings. The Labute approximate surface area is 263 Å². The Morgan fingerprint density at radius 3 is 2.02 bits per heavy atom. The van der Waals surface area contributed by atoms with Crippen LogP contribution in [0.3, 0.4) is 0 Å². The van der Waals surface area contributed by atoms with Gasteiger partial charge in [0.1, 0.15) is 0 Å². The molecule has 2 aromatic rings. The van der Waals surface area contributed by atoms with Gasteiger partial charge in [-0.2, -0.15) is 0 Å². The molecule has 0 fully saturated rings. The Morgan fingerprint density at radius 1 is 0.822 bits per heavy atom. The highest BCUT2D eigenvalue weighted by Crippen LogP contribution is 2.27. The van der Waals surface area contributed by atoms with Crippen LogP contribution in [0.4, 0.5) is 0 Å². The van der Waals surface area contributed by atoms with E-state index in [1.54, 1.807) is 6.92 Å². The molecular formula is C35H44N4O6. The van der Waals surface area contributed by atoms with E-state index < -0.39 is 0 Å². The second-order valence-corrected chi connectivity index (χ2v) is 11.6. The van der Waals surface area contributed by atoms with E-state index in [0.717, 1.165) is 61.1 Å². The summed E-state index contributed by atoms with van der Waals surface area (Å²) in [6.07, 6.45) is 7.18. The number of aromatic nitrogens is 2. The van der Waals surface area contributed by atoms with Crippen LogP contribution in [0.25, 0.3) is 12.2 Å². The summed E-state index contributed by atoms with van der Waals surface area (Å²) in [5, 5.41) is 4.71. The summed E-state index contributed by atoms with van der Waals surface area (Å²) in [5.41, 5.74) is 9.78. The van der Waals surface area contributed by atoms with Gasteiger partial charge in [0, 0.05) is 52.5 Å². The van der Waals surface area contributed by atoms with E-state index in [4.69, 9.17) is 9.47 Å². The third kappa shape index (κ3) is 6.95. The third-order valence-electron chi connectivity index (χ3n) is 9.15. The Bertz CT molecular complexity index is 1760. The molecule has 0 aliphatic carbocycles. The van der Waals surface area contributed by atoms with Crippen molar-refractivity contribution in [2.45, 2.75) is 92.5 Å². The molecule has 0 radical (unpaired) electrons. The summed E-state index contributed by atoms with van der Waals surface area (Å²) in [6, 6.07) is -0.116. The van der Waals surface area contributed by atoms with E-state index in [1.807, 2.05) is 46.8 Å². The molecule has 0 saturated heterocycles. The monoisotopic (exact) mass is 616 g/mol. The molecule has 4 rings (SSSR count). The number of amides is 2. The lowest BCUT2D eigenvalue weighted by Crippen LogP contribution is -2.30. The van der Waals surface area contributed by atoms with E-state index in [2.05, 4.69) is 20.3 Å². The molecule has 0 spiro atoms. The highest BCUT2D eigenvalue weighted by Gasteiger charge is 2.29. The lowest BCUT2D eigenvalue weighted by molar-refractivity contribution is -0.141. The van der Waals surface area contributed by atoms with Gasteiger partial charge >= 0.3 is 11.9 Å². The normalized spacial score (nSPS) is 17.5. The fourth-order valence-corrected chi connectivity index (χ4v) is 6.31. The molecule has 4 heterocycles. The lowest BCUT2D eigenvalue weighted by atomic mass is 9.98. The molecule has 10 heteroatoms. The van der Waals surface area contributed by atoms with E-state index in [9.17, 15) is 19.2 Å². The number of carbonyl (C=O) groups excluding carboxylic acids is 4. The number of H-pyrrole nitrogens is 2. The third-order valence-corrected chi connectivity index (χ3v) is 9.15. The quantitative estimate of drug-likeness (QED) is 0.313. The van der Waals surface area contributed by atoms with Gasteiger partial charge in [-0.25, -0.2) is 4.99 Å². The van der Waals surface area contributed by atoms with Crippen LogP contribution in [0, 0.1) is 13.8 Å². The summed E-state index contributed by atoms with van der Waals surface area (Å²) in [4.78, 5) is 60.6. The number of rotatable bonds is 12. The van der Waals surface area contributed by atoms with Crippen LogP contribution < -0.4 is 16.0 Å². The summed E-state index contributed by atoms with van der Waals surface area (Å²) in [6.45, 7) is 11.8. The van der Waals surface area contributed by atoms with E-state index in [0.29, 0.717) is 43.4 Å². The number of methoxy groups -OCH3 is 2. The number of aromatic amines is 2. The SMILES string of the molecule is CCC1=C(C)C(=O)N=C1C=c1[nH]c(=Cc2[nH]c(CC3NC(=O)C(CC)=C3C)c(C)c2CCC(=O)OC)c(CCC(=O)OC)c1C. The zero-order valence-corrected chi connectivity index (χ0v) is 27.6. The molecule has 0 aromatic carbocycles. The fraction of sp³-hybridized carbons (Fsp3) is 0.457. The van der Waals surface area contributed by atoms with Gasteiger partial charge in [0.15, 0.2) is 0 Å². The van der Waals surface area contributed by atoms with Gasteiger partial charge in [0.05, 0.1) is 26.0 Å². The molecule has 3 N–H and O–H groups in total. The molecule has 45 heavy (non-hydrogen) atoms. The number of ether oxygens (including phenoxy) is 2. The first kappa shape index (κ1) is 33.4. The minimum atomic E-state index is -0.310. The van der Waals surface area contributed by atoms with Gasteiger partial charge < -0.3 is 24.8 Å². The Kier molecular flexibility index (Phi) is 10.5. The number of hydrogen-bond donors (Lipinski definition) is 3. The van der Waals surface area contributed by atoms with E-state index >= 15 is 0 Å². The van der Waals surface area contributed by atoms with Crippen LogP contribution >= 0.6 is 0 Å². The summed E-state index contributed by atoms with van der Waals surface area (Å²) < 4.78 is 9.85. The Balaban J connectivity index is 1.86. The van der Waals surface area contributed by atoms with Crippen LogP contribution in [0.1, 0.15) is 87.0 Å². The largest absolute Gasteiger partial charge is 0.469 e. The average molecular weight is 617 g/mol. The highest BCUT2D eigenvalue weighted by atomic mass is 16.5. The van der Waals surface area contributed by atoms with Crippen molar-refractivity contribution >= 4 is 41.6 Å². The summed E-state index contributed by atoms with van der Waals surface area (Å²) in [7, 11) is 2.75. The van der Waals surface area contributed by atoms with Crippen LogP contribution in [-0.4, -0.2) is 59.7 Å². The summed E-state index contributed by atoms with van der Waals surface area (Å²) >= 11 is 0. The standard InChI is InChI=1S/C35H44N4O6/c1-9-22-21(6)34(42)39-29(22)16-27-20(5)25(12-14-33(41)45-8)31(37-27)17-30-24(11-13-32(40)44-7)19(4)26(36-30)15-28-18(3)23(10-2)35(43)38-28/h16-17,28,36-37H,9-15H2,1-8H3,(H,38,43). The number of allylic oxidation sites excluding steroid dienone is 1. The topological polar surface area (TPSA) is 143 Å². The smallest absolute Gasteiger partial charge is 0.305 e. The second kappa shape index (κ2) is 14.1. The number of nitrogens with one attached hydrogen (secondary N) is 3. The number of aliphatic imine (C=N–C) groups is 1. The molecule has 2 aliphatic heterocycles. The lowest BCUT2D eigenvalue weighted by Gasteiger charge is -2.12. The van der Waals surface area contributed by atoms with Gasteiger partial charge in [-0.05, 0) is 98.9 Å². The number of esters is 2. The maximum Gasteiger partial charge on any atom is 0.305 e. The predicted molar refractivity (Wildman–Crippen MR) is 173 cm³/mol. The molecule has 1 unspecified atom stereocenters. The van der Waals surface area contributed by atoms with Gasteiger partial charge in [-0.3, -0.25) is 19.2 Å². The van der Waals surface area contributed by atoms with Crippen molar-refractivity contribution in [1.29, 1.82) is 0 Å².